The molecule has 0 amide bonds. The Kier molecular flexibility index (Phi) is 38.0. The summed E-state index contributed by atoms with van der Waals surface area (Å²) in [6, 6.07) is 0. The number of carboxylic acid groups (broad SMARTS) is 6. The lowest BCUT2D eigenvalue weighted by molar-refractivity contribution is 0.0472. The van der Waals surface area contributed by atoms with Gasteiger partial charge in [0, 0.05) is 0 Å². The van der Waals surface area contributed by atoms with Crippen LogP contribution in [0.4, 0.5) is 33.2 Å². The molecule has 0 aliphatic rings. The van der Waals surface area contributed by atoms with Gasteiger partial charge in [0.05, 0.1) is 20.0 Å². The maximum atomic E-state index is 10.1. The van der Waals surface area contributed by atoms with Gasteiger partial charge in [-0.1, -0.05) is 6.58 Å². The van der Waals surface area contributed by atoms with Crippen LogP contribution in [0.5, 0.6) is 0 Å². The lowest BCUT2D eigenvalue weighted by atomic mass is 10.8. The monoisotopic (exact) mass is 510 g/mol. The van der Waals surface area contributed by atoms with Crippen molar-refractivity contribution in [3.63, 3.8) is 0 Å². The van der Waals surface area contributed by atoms with E-state index in [4.69, 9.17) is 35.4 Å². The Balaban J connectivity index is -0.000000110. The number of hydrogen-bond donors (Lipinski definition) is 6. The minimum atomic E-state index is -1.83. The van der Waals surface area contributed by atoms with Gasteiger partial charge in [0.25, 0.3) is 0 Å². The van der Waals surface area contributed by atoms with Crippen molar-refractivity contribution in [3.8, 4) is 0 Å². The summed E-state index contributed by atoms with van der Waals surface area (Å²) in [5, 5.41) is 45.3. The van der Waals surface area contributed by atoms with Crippen LogP contribution >= 0.6 is 0 Å². The van der Waals surface area contributed by atoms with E-state index >= 15 is 0 Å². The predicted octanol–water partition coefficient (Wildman–Crippen LogP) is 3.33. The number of methoxy groups -OCH3 is 1. The maximum absolute atomic E-state index is 10.1. The molecule has 0 aromatic carbocycles. The van der Waals surface area contributed by atoms with Crippen LogP contribution in [-0.4, -0.2) is 94.5 Å². The number of carbonyl (C=O) groups is 6. The van der Waals surface area contributed by atoms with Gasteiger partial charge in [0.1, 0.15) is 25.7 Å². The normalized spacial score (nSPS) is 7.85. The van der Waals surface area contributed by atoms with Gasteiger partial charge < -0.3 is 59.1 Å². The van der Waals surface area contributed by atoms with E-state index in [1.807, 2.05) is 0 Å². The van der Waals surface area contributed by atoms with E-state index in [9.17, 15) is 28.4 Å². The van der Waals surface area contributed by atoms with Crippen LogP contribution in [0.2, 0.25) is 0 Å². The van der Waals surface area contributed by atoms with Gasteiger partial charge in [-0.2, -0.15) is 0 Å². The summed E-state index contributed by atoms with van der Waals surface area (Å²) in [5.41, 5.74) is 0. The van der Waals surface area contributed by atoms with Crippen LogP contribution < -0.4 is 0 Å². The molecule has 0 aliphatic carbocycles. The highest BCUT2D eigenvalue weighted by Crippen LogP contribution is 1.82. The smallest absolute Gasteiger partial charge is 0.450 e. The first-order valence-corrected chi connectivity index (χ1v) is 7.70. The molecule has 0 aliphatic heterocycles. The standard InChI is InChI=1S/C4H6O6.C4H4O6.C4H8O3.C2H3F.CH2O3/c2*5-3(6)9-1-2-10-4(7)8;1-3-7-4(5)6-2;1-2-3;2-1(3)4/h1-2H2,(H,5,6)(H,7,8);1-2H,(H,5,6)(H,7,8);3H2,1-2H3;2H,1H2;(H2,2,3,4)/b;2-1+;;;. The van der Waals surface area contributed by atoms with Crippen molar-refractivity contribution in [1.82, 2.24) is 0 Å². The molecule has 0 aromatic rings. The Morgan fingerprint density at radius 2 is 1.03 bits per heavy atom. The van der Waals surface area contributed by atoms with Crippen LogP contribution in [0.15, 0.2) is 25.4 Å². The van der Waals surface area contributed by atoms with Gasteiger partial charge in [-0.15, -0.1) is 0 Å². The average Bonchev–Trinajstić information content (AvgIpc) is 2.69. The Morgan fingerprint density at radius 3 is 1.18 bits per heavy atom. The molecule has 19 heteroatoms. The second-order valence-corrected chi connectivity index (χ2v) is 3.59. The maximum Gasteiger partial charge on any atom is 0.510 e. The molecular weight excluding hydrogens is 487 g/mol. The number of rotatable bonds is 6. The van der Waals surface area contributed by atoms with E-state index in [-0.39, 0.29) is 19.5 Å². The van der Waals surface area contributed by atoms with Gasteiger partial charge in [-0.05, 0) is 6.92 Å². The Hall–Kier alpha value is -4.97. The summed E-state index contributed by atoms with van der Waals surface area (Å²) in [6.45, 7) is 4.23. The molecule has 0 saturated heterocycles. The molecule has 0 saturated carbocycles. The fraction of sp³-hybridized carbons (Fsp3) is 0.333. The molecular formula is C15H23FO18. The second kappa shape index (κ2) is 32.7. The van der Waals surface area contributed by atoms with E-state index in [1.165, 1.54) is 7.11 Å². The third-order valence-electron chi connectivity index (χ3n) is 1.36. The van der Waals surface area contributed by atoms with E-state index in [0.29, 0.717) is 19.1 Å². The molecule has 0 heterocycles. The molecule has 0 atom stereocenters. The van der Waals surface area contributed by atoms with Crippen LogP contribution in [0, 0.1) is 0 Å². The van der Waals surface area contributed by atoms with Crippen molar-refractivity contribution in [2.45, 2.75) is 6.92 Å². The van der Waals surface area contributed by atoms with E-state index in [0.717, 1.165) is 0 Å². The lowest BCUT2D eigenvalue weighted by Gasteiger charge is -1.98. The van der Waals surface area contributed by atoms with Crippen molar-refractivity contribution >= 4 is 36.9 Å². The molecule has 0 unspecified atom stereocenters. The van der Waals surface area contributed by atoms with Crippen LogP contribution in [0.3, 0.4) is 0 Å². The predicted molar refractivity (Wildman–Crippen MR) is 101 cm³/mol. The quantitative estimate of drug-likeness (QED) is 0.129. The van der Waals surface area contributed by atoms with E-state index in [2.05, 4.69) is 35.0 Å². The Labute approximate surface area is 189 Å². The van der Waals surface area contributed by atoms with Crippen LogP contribution in [0.1, 0.15) is 6.92 Å². The minimum Gasteiger partial charge on any atom is -0.450 e. The molecule has 34 heavy (non-hydrogen) atoms. The highest BCUT2D eigenvalue weighted by Gasteiger charge is 1.98. The number of hydrogen-bond acceptors (Lipinski definition) is 12. The third kappa shape index (κ3) is 93.0. The first-order chi connectivity index (χ1) is 15.7. The zero-order valence-corrected chi connectivity index (χ0v) is 17.5. The molecule has 198 valence electrons. The van der Waals surface area contributed by atoms with Gasteiger partial charge in [0.15, 0.2) is 0 Å². The minimum absolute atomic E-state index is 0.250. The van der Waals surface area contributed by atoms with Gasteiger partial charge >= 0.3 is 36.9 Å². The Bertz CT molecular complexity index is 578. The molecule has 0 bridgehead atoms. The summed E-state index contributed by atoms with van der Waals surface area (Å²) >= 11 is 0. The van der Waals surface area contributed by atoms with Gasteiger partial charge in [-0.25, -0.2) is 33.2 Å². The van der Waals surface area contributed by atoms with Gasteiger partial charge in [0.2, 0.25) is 0 Å². The van der Waals surface area contributed by atoms with Crippen LogP contribution in [0.25, 0.3) is 0 Å². The highest BCUT2D eigenvalue weighted by atomic mass is 19.1. The van der Waals surface area contributed by atoms with Gasteiger partial charge in [-0.3, -0.25) is 0 Å². The number of ether oxygens (including phenoxy) is 6. The molecule has 6 N–H and O–H groups in total. The lowest BCUT2D eigenvalue weighted by Crippen LogP contribution is -2.10. The zero-order valence-electron chi connectivity index (χ0n) is 17.5. The summed E-state index contributed by atoms with van der Waals surface area (Å²) < 4.78 is 33.8. The number of halogens is 1. The van der Waals surface area contributed by atoms with Crippen molar-refractivity contribution in [3.05, 3.63) is 25.4 Å². The third-order valence-corrected chi connectivity index (χ3v) is 1.36. The molecule has 18 nitrogen and oxygen atoms in total. The summed E-state index contributed by atoms with van der Waals surface area (Å²) in [6.07, 6.45) is -6.99. The first-order valence-electron chi connectivity index (χ1n) is 7.70. The fourth-order valence-corrected chi connectivity index (χ4v) is 0.607. The molecule has 0 aromatic heterocycles. The topological polar surface area (TPSA) is 279 Å². The highest BCUT2D eigenvalue weighted by molar-refractivity contribution is 5.59. The van der Waals surface area contributed by atoms with Crippen molar-refractivity contribution in [2.24, 2.45) is 0 Å². The van der Waals surface area contributed by atoms with Crippen molar-refractivity contribution < 1.29 is 92.2 Å². The average molecular weight is 510 g/mol. The summed E-state index contributed by atoms with van der Waals surface area (Å²) in [7, 11) is 1.28. The molecule has 0 fully saturated rings. The van der Waals surface area contributed by atoms with E-state index < -0.39 is 36.9 Å². The summed E-state index contributed by atoms with van der Waals surface area (Å²) in [4.78, 5) is 56.9. The number of carbonyl (C=O) groups excluding carboxylic acids is 1. The fourth-order valence-electron chi connectivity index (χ4n) is 0.607. The van der Waals surface area contributed by atoms with Crippen molar-refractivity contribution in [2.75, 3.05) is 26.9 Å². The van der Waals surface area contributed by atoms with E-state index in [1.54, 1.807) is 6.92 Å². The molecule has 0 spiro atoms. The summed E-state index contributed by atoms with van der Waals surface area (Å²) in [5.74, 6) is 0. The molecule has 0 radical (unpaired) electrons. The van der Waals surface area contributed by atoms with Crippen LogP contribution in [-0.2, 0) is 28.4 Å². The second-order valence-electron chi connectivity index (χ2n) is 3.59. The SMILES string of the molecule is C=CF.CCOC(=O)OC.O=C(O)O.O=C(O)O/C=C/OC(=O)O.O=C(O)OCCOC(=O)O. The largest absolute Gasteiger partial charge is 0.510 e. The molecule has 0 rings (SSSR count). The Morgan fingerprint density at radius 1 is 0.735 bits per heavy atom. The first kappa shape index (κ1) is 39.5. The van der Waals surface area contributed by atoms with Crippen molar-refractivity contribution in [1.29, 1.82) is 0 Å². The zero-order chi connectivity index (χ0) is 27.9.